The molecule has 3 aromatic rings. The lowest BCUT2D eigenvalue weighted by molar-refractivity contribution is -0.200. The summed E-state index contributed by atoms with van der Waals surface area (Å²) in [5.74, 6) is -3.70. The number of rotatable bonds is 6. The molecule has 1 spiro atoms. The molecule has 2 atom stereocenters. The average molecular weight is 585 g/mol. The molecule has 1 saturated carbocycles. The Morgan fingerprint density at radius 3 is 2.40 bits per heavy atom. The molecule has 0 unspecified atom stereocenters. The van der Waals surface area contributed by atoms with Crippen LogP contribution < -0.4 is 10.6 Å². The van der Waals surface area contributed by atoms with Gasteiger partial charge < -0.3 is 15.5 Å². The third kappa shape index (κ3) is 4.49. The third-order valence-electron chi connectivity index (χ3n) is 8.58. The number of alkyl halides is 3. The zero-order chi connectivity index (χ0) is 30.0. The fraction of sp³-hybridized carbons (Fsp3) is 0.333. The molecule has 218 valence electrons. The molecule has 1 aromatic heterocycles. The molecule has 12 heteroatoms. The van der Waals surface area contributed by atoms with Crippen LogP contribution in [-0.2, 0) is 32.6 Å². The van der Waals surface area contributed by atoms with Crippen molar-refractivity contribution >= 4 is 29.2 Å². The number of pyridine rings is 1. The van der Waals surface area contributed by atoms with E-state index in [0.29, 0.717) is 30.4 Å². The maximum absolute atomic E-state index is 13.9. The molecule has 6 rings (SSSR count). The second-order valence-electron chi connectivity index (χ2n) is 11.2. The van der Waals surface area contributed by atoms with Crippen LogP contribution in [0.25, 0.3) is 0 Å². The van der Waals surface area contributed by atoms with E-state index in [2.05, 4.69) is 15.6 Å². The first-order valence-corrected chi connectivity index (χ1v) is 13.4. The minimum absolute atomic E-state index is 0.0842. The van der Waals surface area contributed by atoms with E-state index >= 15 is 0 Å². The SMILES string of the molecule is C[C@H](c1cc(F)cc(F)c1)N(CC(=O)Nc1ccc2c(c1)C[C@@]1(C2)C(=O)Nc2ncccc21)C(=O)C1(C(F)(F)F)CC1. The summed E-state index contributed by atoms with van der Waals surface area (Å²) in [4.78, 5) is 44.3. The summed E-state index contributed by atoms with van der Waals surface area (Å²) < 4.78 is 69.4. The van der Waals surface area contributed by atoms with Crippen molar-refractivity contribution < 1.29 is 36.3 Å². The van der Waals surface area contributed by atoms with Crippen molar-refractivity contribution in [3.05, 3.63) is 88.6 Å². The predicted octanol–water partition coefficient (Wildman–Crippen LogP) is 5.22. The third-order valence-corrected chi connectivity index (χ3v) is 8.58. The topological polar surface area (TPSA) is 91.4 Å². The van der Waals surface area contributed by atoms with E-state index in [1.165, 1.54) is 6.92 Å². The van der Waals surface area contributed by atoms with Crippen LogP contribution in [0.5, 0.6) is 0 Å². The molecular formula is C30H25F5N4O3. The standard InChI is InChI=1S/C30H25F5N4O3/c1-16(18-9-20(31)12-21(32)10-18)39(27(42)29(6-7-29)30(33,34)35)15-24(40)37-22-5-4-17-13-28(14-19(17)11-22)23-3-2-8-36-25(23)38-26(28)41/h2-5,8-12,16H,6-7,13-15H2,1H3,(H,37,40)(H,36,38,41)/t16-,28-/m1/s1. The summed E-state index contributed by atoms with van der Waals surface area (Å²) in [5, 5.41) is 5.45. The first-order chi connectivity index (χ1) is 19.8. The Morgan fingerprint density at radius 1 is 1.05 bits per heavy atom. The summed E-state index contributed by atoms with van der Waals surface area (Å²) in [6, 6.07) is 9.89. The summed E-state index contributed by atoms with van der Waals surface area (Å²) in [6.07, 6.45) is -3.33. The second-order valence-corrected chi connectivity index (χ2v) is 11.2. The zero-order valence-corrected chi connectivity index (χ0v) is 22.3. The minimum atomic E-state index is -4.84. The van der Waals surface area contributed by atoms with E-state index in [0.717, 1.165) is 33.7 Å². The minimum Gasteiger partial charge on any atom is -0.326 e. The molecule has 0 bridgehead atoms. The summed E-state index contributed by atoms with van der Waals surface area (Å²) in [5.41, 5.74) is -0.725. The number of carbonyl (C=O) groups excluding carboxylic acids is 3. The Labute approximate surface area is 237 Å². The number of nitrogens with zero attached hydrogens (tertiary/aromatic N) is 2. The molecule has 42 heavy (non-hydrogen) atoms. The molecular weight excluding hydrogens is 559 g/mol. The van der Waals surface area contributed by atoms with Gasteiger partial charge in [-0.1, -0.05) is 12.1 Å². The molecule has 3 amide bonds. The molecule has 2 aliphatic carbocycles. The van der Waals surface area contributed by atoms with Gasteiger partial charge >= 0.3 is 6.18 Å². The summed E-state index contributed by atoms with van der Waals surface area (Å²) in [7, 11) is 0. The Hall–Kier alpha value is -4.35. The predicted molar refractivity (Wildman–Crippen MR) is 141 cm³/mol. The van der Waals surface area contributed by atoms with Crippen molar-refractivity contribution in [3.8, 4) is 0 Å². The van der Waals surface area contributed by atoms with Crippen LogP contribution >= 0.6 is 0 Å². The molecule has 0 saturated heterocycles. The van der Waals surface area contributed by atoms with E-state index < -0.39 is 65.9 Å². The fourth-order valence-corrected chi connectivity index (χ4v) is 6.10. The lowest BCUT2D eigenvalue weighted by atomic mass is 9.79. The maximum atomic E-state index is 13.9. The number of aromatic nitrogens is 1. The highest BCUT2D eigenvalue weighted by Gasteiger charge is 2.69. The average Bonchev–Trinajstić information content (AvgIpc) is 3.60. The normalized spacial score (nSPS) is 20.5. The number of carbonyl (C=O) groups is 3. The van der Waals surface area contributed by atoms with E-state index in [4.69, 9.17) is 0 Å². The molecule has 3 aliphatic rings. The smallest absolute Gasteiger partial charge is 0.326 e. The number of fused-ring (bicyclic) bond motifs is 3. The van der Waals surface area contributed by atoms with Crippen LogP contribution in [0.15, 0.2) is 54.7 Å². The van der Waals surface area contributed by atoms with E-state index in [1.807, 2.05) is 6.07 Å². The van der Waals surface area contributed by atoms with Crippen LogP contribution in [0.4, 0.5) is 33.5 Å². The van der Waals surface area contributed by atoms with Gasteiger partial charge in [0.1, 0.15) is 29.4 Å². The second kappa shape index (κ2) is 9.60. The van der Waals surface area contributed by atoms with Crippen molar-refractivity contribution in [1.82, 2.24) is 9.88 Å². The lowest BCUT2D eigenvalue weighted by Crippen LogP contribution is -2.48. The number of anilines is 2. The number of halogens is 5. The lowest BCUT2D eigenvalue weighted by Gasteiger charge is -2.33. The molecule has 2 aromatic carbocycles. The van der Waals surface area contributed by atoms with Gasteiger partial charge in [0, 0.05) is 23.5 Å². The van der Waals surface area contributed by atoms with Crippen LogP contribution in [0.2, 0.25) is 0 Å². The molecule has 1 aliphatic heterocycles. The Morgan fingerprint density at radius 2 is 1.74 bits per heavy atom. The maximum Gasteiger partial charge on any atom is 0.403 e. The highest BCUT2D eigenvalue weighted by atomic mass is 19.4. The van der Waals surface area contributed by atoms with Crippen molar-refractivity contribution in [1.29, 1.82) is 0 Å². The fourth-order valence-electron chi connectivity index (χ4n) is 6.10. The number of nitrogens with one attached hydrogen (secondary N) is 2. The van der Waals surface area contributed by atoms with E-state index in [-0.39, 0.29) is 11.5 Å². The van der Waals surface area contributed by atoms with Crippen molar-refractivity contribution in [2.45, 2.75) is 50.2 Å². The molecule has 0 radical (unpaired) electrons. The van der Waals surface area contributed by atoms with Crippen LogP contribution in [0.3, 0.4) is 0 Å². The Bertz CT molecular complexity index is 1620. The molecule has 2 heterocycles. The molecule has 1 fully saturated rings. The van der Waals surface area contributed by atoms with Gasteiger partial charge in [0.05, 0.1) is 11.5 Å². The van der Waals surface area contributed by atoms with Crippen LogP contribution in [-0.4, -0.2) is 40.3 Å². The van der Waals surface area contributed by atoms with Gasteiger partial charge in [-0.05, 0) is 79.6 Å². The number of hydrogen-bond acceptors (Lipinski definition) is 4. The Kier molecular flexibility index (Phi) is 6.36. The summed E-state index contributed by atoms with van der Waals surface area (Å²) >= 11 is 0. The largest absolute Gasteiger partial charge is 0.403 e. The van der Waals surface area contributed by atoms with E-state index in [1.54, 1.807) is 30.5 Å². The Balaban J connectivity index is 1.24. The van der Waals surface area contributed by atoms with Gasteiger partial charge in [-0.3, -0.25) is 14.4 Å². The van der Waals surface area contributed by atoms with E-state index in [9.17, 15) is 36.3 Å². The monoisotopic (exact) mass is 584 g/mol. The van der Waals surface area contributed by atoms with Gasteiger partial charge in [0.2, 0.25) is 17.7 Å². The van der Waals surface area contributed by atoms with Crippen molar-refractivity contribution in [2.75, 3.05) is 17.2 Å². The van der Waals surface area contributed by atoms with Gasteiger partial charge in [0.15, 0.2) is 0 Å². The first-order valence-electron chi connectivity index (χ1n) is 13.4. The number of hydrogen-bond donors (Lipinski definition) is 2. The van der Waals surface area contributed by atoms with Crippen molar-refractivity contribution in [3.63, 3.8) is 0 Å². The number of amides is 3. The van der Waals surface area contributed by atoms with Crippen LogP contribution in [0, 0.1) is 17.0 Å². The van der Waals surface area contributed by atoms with Gasteiger partial charge in [-0.25, -0.2) is 13.8 Å². The quantitative estimate of drug-likeness (QED) is 0.389. The van der Waals surface area contributed by atoms with Crippen LogP contribution in [0.1, 0.15) is 48.1 Å². The highest BCUT2D eigenvalue weighted by Crippen LogP contribution is 2.59. The van der Waals surface area contributed by atoms with Gasteiger partial charge in [-0.2, -0.15) is 13.2 Å². The van der Waals surface area contributed by atoms with Crippen molar-refractivity contribution in [2.24, 2.45) is 5.41 Å². The first kappa shape index (κ1) is 27.8. The number of benzene rings is 2. The zero-order valence-electron chi connectivity index (χ0n) is 22.3. The van der Waals surface area contributed by atoms with Gasteiger partial charge in [0.25, 0.3) is 0 Å². The molecule has 2 N–H and O–H groups in total. The van der Waals surface area contributed by atoms with Gasteiger partial charge in [-0.15, -0.1) is 0 Å². The molecule has 7 nitrogen and oxygen atoms in total. The highest BCUT2D eigenvalue weighted by molar-refractivity contribution is 6.06. The summed E-state index contributed by atoms with van der Waals surface area (Å²) in [6.45, 7) is 0.540.